The lowest BCUT2D eigenvalue weighted by Gasteiger charge is -2.34. The van der Waals surface area contributed by atoms with E-state index >= 15 is 0 Å². The molecule has 0 N–H and O–H groups in total. The van der Waals surface area contributed by atoms with Gasteiger partial charge in [-0.1, -0.05) is 0 Å². The van der Waals surface area contributed by atoms with Crippen molar-refractivity contribution in [1.82, 2.24) is 0 Å². The van der Waals surface area contributed by atoms with Crippen LogP contribution in [0.2, 0.25) is 0 Å². The molecule has 14 heavy (non-hydrogen) atoms. The second kappa shape index (κ2) is 10.4. The van der Waals surface area contributed by atoms with E-state index in [0.29, 0.717) is 11.8 Å². The number of quaternary nitrogens is 1. The Morgan fingerprint density at radius 2 is 1.14 bits per heavy atom. The summed E-state index contributed by atoms with van der Waals surface area (Å²) >= 11 is 0.574. The number of nitriles is 2. The van der Waals surface area contributed by atoms with Gasteiger partial charge in [0.05, 0.1) is 37.9 Å². The maximum Gasteiger partial charge on any atom is 0.149 e. The summed E-state index contributed by atoms with van der Waals surface area (Å²) in [5.41, 5.74) is 0. The van der Waals surface area contributed by atoms with E-state index in [4.69, 9.17) is 10.5 Å². The fourth-order valence-electron chi connectivity index (χ4n) is 1.36. The second-order valence-corrected chi connectivity index (χ2v) is 3.46. The molecule has 0 aromatic carbocycles. The highest BCUT2D eigenvalue weighted by atomic mass is 32.2. The van der Waals surface area contributed by atoms with Crippen LogP contribution in [0.25, 0.3) is 0 Å². The van der Waals surface area contributed by atoms with E-state index in [1.165, 1.54) is 30.7 Å². The Hall–Kier alpha value is -0.710. The van der Waals surface area contributed by atoms with Crippen LogP contribution in [0.3, 0.4) is 0 Å². The molecule has 0 unspecified atom stereocenters. The monoisotopic (exact) mass is 214 g/mol. The lowest BCUT2D eigenvalue weighted by atomic mass is 10.3. The number of nitrogens with zero attached hydrogens (tertiary/aromatic N) is 3. The molecule has 0 bridgehead atoms. The van der Waals surface area contributed by atoms with Crippen molar-refractivity contribution in [3.05, 3.63) is 0 Å². The van der Waals surface area contributed by atoms with Crippen LogP contribution in [0.1, 0.15) is 27.7 Å². The van der Waals surface area contributed by atoms with Crippen LogP contribution in [-0.2, 0) is 0 Å². The van der Waals surface area contributed by atoms with Crippen molar-refractivity contribution in [3.63, 3.8) is 0 Å². The summed E-state index contributed by atoms with van der Waals surface area (Å²) in [6.07, 6.45) is 0. The quantitative estimate of drug-likeness (QED) is 0.534. The van der Waals surface area contributed by atoms with Crippen LogP contribution in [-0.4, -0.2) is 30.7 Å². The molecule has 0 amide bonds. The molecule has 0 saturated heterocycles. The summed E-state index contributed by atoms with van der Waals surface area (Å²) in [5.74, 6) is 0. The molecule has 0 aromatic rings. The maximum absolute atomic E-state index is 7.56. The van der Waals surface area contributed by atoms with E-state index in [0.717, 1.165) is 0 Å². The third-order valence-corrected chi connectivity index (χ3v) is 2.96. The van der Waals surface area contributed by atoms with Crippen LogP contribution in [0.5, 0.6) is 0 Å². The third kappa shape index (κ3) is 6.77. The van der Waals surface area contributed by atoms with Gasteiger partial charge in [-0.15, -0.1) is 0 Å². The van der Waals surface area contributed by atoms with Crippen molar-refractivity contribution in [2.45, 2.75) is 27.7 Å². The molecule has 0 aliphatic heterocycles. The molecule has 0 heterocycles. The van der Waals surface area contributed by atoms with Gasteiger partial charge in [0, 0.05) is 0 Å². The van der Waals surface area contributed by atoms with Gasteiger partial charge in [0.15, 0.2) is 0 Å². The number of hydrogen-bond acceptors (Lipinski definition) is 3. The minimum absolute atomic E-state index is 0.574. The number of thioether (sulfide) groups is 1. The van der Waals surface area contributed by atoms with Gasteiger partial charge in [0.2, 0.25) is 0 Å². The first-order chi connectivity index (χ1) is 6.66. The first kappa shape index (κ1) is 15.7. The summed E-state index contributed by atoms with van der Waals surface area (Å²) in [5, 5.41) is 18.3. The van der Waals surface area contributed by atoms with E-state index in [-0.39, 0.29) is 0 Å². The number of hydrogen-bond donors (Lipinski definition) is 0. The zero-order chi connectivity index (χ0) is 11.4. The molecule has 0 rings (SSSR count). The van der Waals surface area contributed by atoms with Gasteiger partial charge < -0.3 is 4.48 Å². The summed E-state index contributed by atoms with van der Waals surface area (Å²) in [4.78, 5) is 0. The number of rotatable bonds is 4. The van der Waals surface area contributed by atoms with Gasteiger partial charge in [0.25, 0.3) is 0 Å². The van der Waals surface area contributed by atoms with Crippen LogP contribution in [0.15, 0.2) is 0 Å². The summed E-state index contributed by atoms with van der Waals surface area (Å²) in [6.45, 7) is 14.2. The van der Waals surface area contributed by atoms with Crippen molar-refractivity contribution < 1.29 is 4.48 Å². The molecule has 80 valence electrons. The fraction of sp³-hybridized carbons (Fsp3) is 0.800. The molecule has 0 aliphatic carbocycles. The second-order valence-electron chi connectivity index (χ2n) is 2.89. The van der Waals surface area contributed by atoms with Gasteiger partial charge in [-0.25, -0.2) is 0 Å². The van der Waals surface area contributed by atoms with Crippen LogP contribution in [0, 0.1) is 21.3 Å². The third-order valence-electron chi connectivity index (χ3n) is 2.77. The molecule has 0 aliphatic rings. The van der Waals surface area contributed by atoms with Crippen LogP contribution in [0.4, 0.5) is 0 Å². The standard InChI is InChI=1S/C8H20N.C2N2S/c1-5-9(6-2,7-3)8-4;3-1-5-2-4/h5-8H2,1-4H3;/q+1;. The van der Waals surface area contributed by atoms with Gasteiger partial charge in [-0.2, -0.15) is 10.5 Å². The molecule has 0 saturated carbocycles. The molecule has 0 aromatic heterocycles. The lowest BCUT2D eigenvalue weighted by molar-refractivity contribution is -0.921. The van der Waals surface area contributed by atoms with Crippen molar-refractivity contribution in [1.29, 1.82) is 10.5 Å². The van der Waals surface area contributed by atoms with Crippen molar-refractivity contribution in [3.8, 4) is 10.8 Å². The van der Waals surface area contributed by atoms with E-state index < -0.39 is 0 Å². The van der Waals surface area contributed by atoms with Crippen molar-refractivity contribution in [2.75, 3.05) is 26.2 Å². The average Bonchev–Trinajstić information content (AvgIpc) is 2.24. The molecule has 0 radical (unpaired) electrons. The first-order valence-corrected chi connectivity index (χ1v) is 5.77. The highest BCUT2D eigenvalue weighted by molar-refractivity contribution is 8.07. The van der Waals surface area contributed by atoms with Crippen molar-refractivity contribution >= 4 is 11.8 Å². The Kier molecular flexibility index (Phi) is 11.7. The molecular formula is C10H20N3S+. The van der Waals surface area contributed by atoms with Crippen molar-refractivity contribution in [2.24, 2.45) is 0 Å². The molecule has 0 atom stereocenters. The SMILES string of the molecule is CC[N+](CC)(CC)CC.N#CSC#N. The van der Waals surface area contributed by atoms with Gasteiger partial charge in [0.1, 0.15) is 10.8 Å². The highest BCUT2D eigenvalue weighted by Gasteiger charge is 2.16. The van der Waals surface area contributed by atoms with Crippen LogP contribution >= 0.6 is 11.8 Å². The first-order valence-electron chi connectivity index (χ1n) is 4.95. The Bertz CT molecular complexity index is 169. The zero-order valence-electron chi connectivity index (χ0n) is 9.58. The Balaban J connectivity index is 0. The van der Waals surface area contributed by atoms with E-state index in [1.807, 2.05) is 0 Å². The largest absolute Gasteiger partial charge is 0.325 e. The predicted octanol–water partition coefficient (Wildman–Crippen LogP) is 2.56. The van der Waals surface area contributed by atoms with E-state index in [9.17, 15) is 0 Å². The molecular weight excluding hydrogens is 194 g/mol. The van der Waals surface area contributed by atoms with E-state index in [1.54, 1.807) is 10.8 Å². The Morgan fingerprint density at radius 3 is 1.14 bits per heavy atom. The van der Waals surface area contributed by atoms with E-state index in [2.05, 4.69) is 27.7 Å². The lowest BCUT2D eigenvalue weighted by Crippen LogP contribution is -2.47. The predicted molar refractivity (Wildman–Crippen MR) is 61.2 cm³/mol. The maximum atomic E-state index is 7.56. The molecule has 0 fully saturated rings. The molecule has 3 nitrogen and oxygen atoms in total. The van der Waals surface area contributed by atoms with Gasteiger partial charge in [-0.05, 0) is 27.7 Å². The Morgan fingerprint density at radius 1 is 0.857 bits per heavy atom. The minimum atomic E-state index is 0.574. The zero-order valence-corrected chi connectivity index (χ0v) is 10.4. The summed E-state index contributed by atoms with van der Waals surface area (Å²) in [7, 11) is 0. The topological polar surface area (TPSA) is 47.6 Å². The number of thiocyanates is 2. The minimum Gasteiger partial charge on any atom is -0.325 e. The van der Waals surface area contributed by atoms with Crippen LogP contribution < -0.4 is 0 Å². The fourth-order valence-corrected chi connectivity index (χ4v) is 1.40. The molecule has 0 spiro atoms. The summed E-state index contributed by atoms with van der Waals surface area (Å²) in [6, 6.07) is 0. The van der Waals surface area contributed by atoms with Gasteiger partial charge >= 0.3 is 0 Å². The summed E-state index contributed by atoms with van der Waals surface area (Å²) < 4.78 is 1.28. The Labute approximate surface area is 91.9 Å². The average molecular weight is 214 g/mol. The highest BCUT2D eigenvalue weighted by Crippen LogP contribution is 2.03. The smallest absolute Gasteiger partial charge is 0.149 e. The normalized spacial score (nSPS) is 9.29. The van der Waals surface area contributed by atoms with Gasteiger partial charge in [-0.3, -0.25) is 0 Å². The molecule has 4 heteroatoms.